The van der Waals surface area contributed by atoms with Gasteiger partial charge in [-0.2, -0.15) is 0 Å². The summed E-state index contributed by atoms with van der Waals surface area (Å²) >= 11 is 0. The van der Waals surface area contributed by atoms with Gasteiger partial charge in [0.15, 0.2) is 0 Å². The summed E-state index contributed by atoms with van der Waals surface area (Å²) in [5.41, 5.74) is 5.53. The monoisotopic (exact) mass is 253 g/mol. The van der Waals surface area contributed by atoms with E-state index in [1.807, 2.05) is 13.8 Å². The number of carbonyl (C=O) groups excluding carboxylic acids is 1. The van der Waals surface area contributed by atoms with Crippen LogP contribution in [0.15, 0.2) is 16.8 Å². The van der Waals surface area contributed by atoms with Gasteiger partial charge in [-0.05, 0) is 13.8 Å². The number of aliphatic imine (C=N–C) groups is 1. The first-order chi connectivity index (χ1) is 8.23. The van der Waals surface area contributed by atoms with E-state index < -0.39 is 17.4 Å². The summed E-state index contributed by atoms with van der Waals surface area (Å²) in [5, 5.41) is 14.2. The Kier molecular flexibility index (Phi) is 2.54. The van der Waals surface area contributed by atoms with Gasteiger partial charge in [-0.3, -0.25) is 10.6 Å². The molecule has 0 aromatic carbocycles. The van der Waals surface area contributed by atoms with Crippen molar-refractivity contribution in [3.63, 3.8) is 0 Å². The van der Waals surface area contributed by atoms with Gasteiger partial charge in [-0.15, -0.1) is 0 Å². The quantitative estimate of drug-likeness (QED) is 0.503. The molecule has 1 fully saturated rings. The lowest BCUT2D eigenvalue weighted by atomic mass is 10.1. The Morgan fingerprint density at radius 1 is 1.61 bits per heavy atom. The molecular weight excluding hydrogens is 238 g/mol. The molecule has 0 bridgehead atoms. The molecule has 2 rings (SSSR count). The van der Waals surface area contributed by atoms with Crippen LogP contribution in [0.2, 0.25) is 0 Å². The molecule has 0 aromatic rings. The number of hydrogen-bond donors (Lipinski definition) is 4. The fraction of sp³-hybridized carbons (Fsp3) is 0.500. The maximum Gasteiger partial charge on any atom is 0.338 e. The summed E-state index contributed by atoms with van der Waals surface area (Å²) < 4.78 is 0. The van der Waals surface area contributed by atoms with E-state index in [0.29, 0.717) is 6.54 Å². The molecule has 2 amide bonds. The van der Waals surface area contributed by atoms with Crippen LogP contribution in [0.1, 0.15) is 13.8 Å². The molecule has 98 valence electrons. The van der Waals surface area contributed by atoms with Gasteiger partial charge in [-0.1, -0.05) is 0 Å². The van der Waals surface area contributed by atoms with Crippen molar-refractivity contribution in [1.29, 1.82) is 0 Å². The van der Waals surface area contributed by atoms with Crippen LogP contribution >= 0.6 is 0 Å². The highest BCUT2D eigenvalue weighted by Gasteiger charge is 2.45. The zero-order valence-electron chi connectivity index (χ0n) is 10.1. The molecule has 0 spiro atoms. The lowest BCUT2D eigenvalue weighted by molar-refractivity contribution is -0.132. The molecule has 1 saturated heterocycles. The summed E-state index contributed by atoms with van der Waals surface area (Å²) in [4.78, 5) is 27.8. The maximum atomic E-state index is 11.8. The average molecular weight is 253 g/mol. The molecule has 0 radical (unpaired) electrons. The van der Waals surface area contributed by atoms with Crippen molar-refractivity contribution < 1.29 is 14.7 Å². The first kappa shape index (κ1) is 12.4. The molecule has 0 aromatic heterocycles. The third kappa shape index (κ3) is 2.02. The van der Waals surface area contributed by atoms with Gasteiger partial charge in [0.2, 0.25) is 0 Å². The number of rotatable bonds is 2. The van der Waals surface area contributed by atoms with Crippen molar-refractivity contribution in [2.45, 2.75) is 25.3 Å². The van der Waals surface area contributed by atoms with Gasteiger partial charge in [-0.25, -0.2) is 14.6 Å². The predicted molar refractivity (Wildman–Crippen MR) is 63.6 cm³/mol. The number of nitrogens with two attached hydrogens (primary N) is 1. The normalized spacial score (nSPS) is 29.6. The second-order valence-corrected chi connectivity index (χ2v) is 4.93. The predicted octanol–water partition coefficient (Wildman–Crippen LogP) is -0.997. The Morgan fingerprint density at radius 2 is 2.28 bits per heavy atom. The fourth-order valence-corrected chi connectivity index (χ4v) is 1.83. The highest BCUT2D eigenvalue weighted by Crippen LogP contribution is 2.21. The highest BCUT2D eigenvalue weighted by atomic mass is 16.4. The SMILES string of the molecule is CC1(C)CN(C2(N)N=CC(C(=O)O)=CN2)C(=O)N1. The van der Waals surface area contributed by atoms with E-state index in [2.05, 4.69) is 15.6 Å². The first-order valence-corrected chi connectivity index (χ1v) is 5.39. The second kappa shape index (κ2) is 3.70. The topological polar surface area (TPSA) is 120 Å². The Labute approximate surface area is 104 Å². The van der Waals surface area contributed by atoms with Crippen molar-refractivity contribution in [1.82, 2.24) is 15.5 Å². The average Bonchev–Trinajstić information content (AvgIpc) is 2.53. The minimum Gasteiger partial charge on any atom is -0.478 e. The van der Waals surface area contributed by atoms with Gasteiger partial charge in [0, 0.05) is 12.4 Å². The third-order valence-electron chi connectivity index (χ3n) is 2.74. The summed E-state index contributed by atoms with van der Waals surface area (Å²) in [6, 6.07) is -0.348. The Balaban J connectivity index is 2.19. The van der Waals surface area contributed by atoms with Crippen LogP contribution in [0.3, 0.4) is 0 Å². The number of aliphatic carboxylic acids is 1. The lowest BCUT2D eigenvalue weighted by Gasteiger charge is -2.35. The molecule has 0 aliphatic carbocycles. The van der Waals surface area contributed by atoms with Gasteiger partial charge >= 0.3 is 12.0 Å². The molecule has 2 heterocycles. The molecule has 18 heavy (non-hydrogen) atoms. The number of urea groups is 1. The van der Waals surface area contributed by atoms with Crippen LogP contribution in [-0.2, 0) is 4.79 Å². The van der Waals surface area contributed by atoms with Crippen molar-refractivity contribution in [2.75, 3.05) is 6.54 Å². The molecule has 1 unspecified atom stereocenters. The number of carboxylic acids is 1. The van der Waals surface area contributed by atoms with E-state index in [0.717, 1.165) is 6.21 Å². The van der Waals surface area contributed by atoms with E-state index in [-0.39, 0.29) is 11.6 Å². The summed E-state index contributed by atoms with van der Waals surface area (Å²) in [6.07, 6.45) is 2.37. The number of nitrogens with zero attached hydrogens (tertiary/aromatic N) is 2. The molecule has 5 N–H and O–H groups in total. The van der Waals surface area contributed by atoms with Gasteiger partial charge in [0.05, 0.1) is 17.7 Å². The summed E-state index contributed by atoms with van der Waals surface area (Å²) in [7, 11) is 0. The number of amides is 2. The van der Waals surface area contributed by atoms with Crippen molar-refractivity contribution in [3.05, 3.63) is 11.8 Å². The Hall–Kier alpha value is -2.09. The minimum absolute atomic E-state index is 0.0186. The minimum atomic E-state index is -1.45. The molecule has 2 aliphatic rings. The van der Waals surface area contributed by atoms with Crippen LogP contribution in [-0.4, -0.2) is 46.2 Å². The van der Waals surface area contributed by atoms with Crippen molar-refractivity contribution in [3.8, 4) is 0 Å². The fourth-order valence-electron chi connectivity index (χ4n) is 1.83. The smallest absolute Gasteiger partial charge is 0.338 e. The van der Waals surface area contributed by atoms with Crippen LogP contribution < -0.4 is 16.4 Å². The Bertz CT molecular complexity index is 470. The zero-order valence-corrected chi connectivity index (χ0v) is 10.1. The number of hydrogen-bond acceptors (Lipinski definition) is 5. The van der Waals surface area contributed by atoms with Gasteiger partial charge in [0.25, 0.3) is 5.91 Å². The maximum absolute atomic E-state index is 11.8. The molecule has 8 heteroatoms. The number of nitrogens with one attached hydrogen (secondary N) is 2. The zero-order chi connectivity index (χ0) is 13.6. The van der Waals surface area contributed by atoms with E-state index in [9.17, 15) is 9.59 Å². The number of carboxylic acid groups (broad SMARTS) is 1. The van der Waals surface area contributed by atoms with Gasteiger partial charge < -0.3 is 15.7 Å². The number of carbonyl (C=O) groups is 2. The molecule has 2 aliphatic heterocycles. The summed E-state index contributed by atoms with van der Waals surface area (Å²) in [5.74, 6) is -2.56. The largest absolute Gasteiger partial charge is 0.478 e. The third-order valence-corrected chi connectivity index (χ3v) is 2.74. The highest BCUT2D eigenvalue weighted by molar-refractivity contribution is 6.08. The van der Waals surface area contributed by atoms with E-state index >= 15 is 0 Å². The van der Waals surface area contributed by atoms with Crippen LogP contribution in [0.4, 0.5) is 4.79 Å². The van der Waals surface area contributed by atoms with Gasteiger partial charge in [0.1, 0.15) is 0 Å². The van der Waals surface area contributed by atoms with Crippen molar-refractivity contribution in [2.24, 2.45) is 10.7 Å². The van der Waals surface area contributed by atoms with E-state index in [1.165, 1.54) is 11.1 Å². The molecule has 0 saturated carbocycles. The van der Waals surface area contributed by atoms with E-state index in [4.69, 9.17) is 10.8 Å². The van der Waals surface area contributed by atoms with Crippen LogP contribution in [0, 0.1) is 0 Å². The first-order valence-electron chi connectivity index (χ1n) is 5.39. The molecule has 1 atom stereocenters. The lowest BCUT2D eigenvalue weighted by Crippen LogP contribution is -2.64. The molecule has 8 nitrogen and oxygen atoms in total. The van der Waals surface area contributed by atoms with E-state index in [1.54, 1.807) is 0 Å². The van der Waals surface area contributed by atoms with Crippen LogP contribution in [0.5, 0.6) is 0 Å². The summed E-state index contributed by atoms with van der Waals surface area (Å²) in [6.45, 7) is 4.08. The Morgan fingerprint density at radius 3 is 2.67 bits per heavy atom. The molecular formula is C10H15N5O3. The van der Waals surface area contributed by atoms with Crippen molar-refractivity contribution >= 4 is 18.2 Å². The second-order valence-electron chi connectivity index (χ2n) is 4.93. The van der Waals surface area contributed by atoms with Crippen LogP contribution in [0.25, 0.3) is 0 Å². The standard InChI is InChI=1S/C10H15N5O3/c1-9(2)5-15(8(18)14-9)10(11)12-3-6(4-13-10)7(16)17/h3-4,12H,5,11H2,1-2H3,(H,14,18)(H,16,17).